The van der Waals surface area contributed by atoms with Crippen molar-refractivity contribution in [3.05, 3.63) is 115 Å². The molecule has 1 nitrogen and oxygen atoms in total. The number of nitrogens with zero attached hydrogens (tertiary/aromatic N) is 1. The van der Waals surface area contributed by atoms with E-state index < -0.39 is 0 Å². The highest BCUT2D eigenvalue weighted by Crippen LogP contribution is 2.45. The van der Waals surface area contributed by atoms with Crippen molar-refractivity contribution in [1.82, 2.24) is 4.57 Å². The summed E-state index contributed by atoms with van der Waals surface area (Å²) in [6.45, 7) is 0. The van der Waals surface area contributed by atoms with Crippen LogP contribution in [0.25, 0.3) is 68.2 Å². The highest BCUT2D eigenvalue weighted by atomic mass is 32.1. The van der Waals surface area contributed by atoms with E-state index >= 15 is 0 Å². The number of aromatic nitrogens is 1. The fourth-order valence-electron chi connectivity index (χ4n) is 5.46. The molecule has 164 valence electrons. The van der Waals surface area contributed by atoms with Gasteiger partial charge in [0.05, 0.1) is 15.7 Å². The van der Waals surface area contributed by atoms with Gasteiger partial charge in [0.1, 0.15) is 0 Å². The second-order valence-corrected chi connectivity index (χ2v) is 11.1. The van der Waals surface area contributed by atoms with E-state index in [1.807, 2.05) is 22.7 Å². The maximum absolute atomic E-state index is 2.44. The molecule has 0 saturated carbocycles. The van der Waals surface area contributed by atoms with Crippen LogP contribution in [0.4, 0.5) is 0 Å². The maximum Gasteiger partial charge on any atom is 0.0727 e. The number of para-hydroxylation sites is 2. The molecule has 0 aliphatic rings. The minimum Gasteiger partial charge on any atom is -0.308 e. The molecule has 5 aromatic carbocycles. The lowest BCUT2D eigenvalue weighted by molar-refractivity contribution is 1.19. The number of rotatable bonds is 2. The van der Waals surface area contributed by atoms with Crippen molar-refractivity contribution in [3.8, 4) is 16.8 Å². The Hall–Kier alpha value is -3.92. The molecule has 0 aliphatic heterocycles. The molecule has 0 radical (unpaired) electrons. The fourth-order valence-corrected chi connectivity index (χ4v) is 7.90. The standard InChI is InChI=1S/C32H19NS2/c1-2-9-21(10-3-1)33-27-15-6-4-12-25(27)32-30(33)26-19-20(17-18-29(26)35-32)22-13-8-14-24-23-11-5-7-16-28(23)34-31(22)24/h1-19H. The quantitative estimate of drug-likeness (QED) is 0.231. The molecule has 0 unspecified atom stereocenters. The monoisotopic (exact) mass is 481 g/mol. The van der Waals surface area contributed by atoms with Crippen LogP contribution in [0.2, 0.25) is 0 Å². The molecule has 0 aliphatic carbocycles. The lowest BCUT2D eigenvalue weighted by Gasteiger charge is -2.09. The van der Waals surface area contributed by atoms with Gasteiger partial charge in [-0.2, -0.15) is 0 Å². The van der Waals surface area contributed by atoms with Gasteiger partial charge in [0.15, 0.2) is 0 Å². The van der Waals surface area contributed by atoms with Gasteiger partial charge >= 0.3 is 0 Å². The van der Waals surface area contributed by atoms with Crippen molar-refractivity contribution >= 4 is 74.1 Å². The second-order valence-electron chi connectivity index (χ2n) is 8.96. The molecular weight excluding hydrogens is 462 g/mol. The van der Waals surface area contributed by atoms with Crippen LogP contribution in [0.5, 0.6) is 0 Å². The van der Waals surface area contributed by atoms with Gasteiger partial charge in [0.2, 0.25) is 0 Å². The van der Waals surface area contributed by atoms with E-state index in [4.69, 9.17) is 0 Å². The van der Waals surface area contributed by atoms with E-state index in [1.165, 1.54) is 68.2 Å². The highest BCUT2D eigenvalue weighted by molar-refractivity contribution is 7.27. The van der Waals surface area contributed by atoms with Crippen molar-refractivity contribution in [3.63, 3.8) is 0 Å². The summed E-state index contributed by atoms with van der Waals surface area (Å²) in [6, 6.07) is 42.0. The molecule has 0 atom stereocenters. The summed E-state index contributed by atoms with van der Waals surface area (Å²) in [4.78, 5) is 0. The average molecular weight is 482 g/mol. The number of hydrogen-bond acceptors (Lipinski definition) is 2. The zero-order valence-electron chi connectivity index (χ0n) is 18.7. The summed E-state index contributed by atoms with van der Waals surface area (Å²) in [5, 5.41) is 5.33. The number of hydrogen-bond donors (Lipinski definition) is 0. The summed E-state index contributed by atoms with van der Waals surface area (Å²) in [7, 11) is 0. The van der Waals surface area contributed by atoms with Gasteiger partial charge in [-0.05, 0) is 47.5 Å². The van der Waals surface area contributed by atoms with Crippen molar-refractivity contribution in [2.24, 2.45) is 0 Å². The van der Waals surface area contributed by atoms with Crippen LogP contribution < -0.4 is 0 Å². The van der Waals surface area contributed by atoms with Crippen LogP contribution in [0, 0.1) is 0 Å². The number of fused-ring (bicyclic) bond motifs is 8. The first kappa shape index (κ1) is 19.4. The molecule has 35 heavy (non-hydrogen) atoms. The normalized spacial score (nSPS) is 12.0. The largest absolute Gasteiger partial charge is 0.308 e. The van der Waals surface area contributed by atoms with Gasteiger partial charge in [0, 0.05) is 41.3 Å². The van der Waals surface area contributed by atoms with Crippen molar-refractivity contribution < 1.29 is 0 Å². The Morgan fingerprint density at radius 3 is 2.11 bits per heavy atom. The van der Waals surface area contributed by atoms with Crippen LogP contribution >= 0.6 is 22.7 Å². The van der Waals surface area contributed by atoms with Crippen LogP contribution in [0.15, 0.2) is 115 Å². The summed E-state index contributed by atoms with van der Waals surface area (Å²) in [5.41, 5.74) is 6.36. The lowest BCUT2D eigenvalue weighted by atomic mass is 10.0. The van der Waals surface area contributed by atoms with Crippen molar-refractivity contribution in [2.45, 2.75) is 0 Å². The third-order valence-electron chi connectivity index (χ3n) is 7.00. The van der Waals surface area contributed by atoms with Crippen molar-refractivity contribution in [1.29, 1.82) is 0 Å². The molecular formula is C32H19NS2. The highest BCUT2D eigenvalue weighted by Gasteiger charge is 2.18. The van der Waals surface area contributed by atoms with E-state index in [1.54, 1.807) is 0 Å². The third kappa shape index (κ3) is 2.74. The molecule has 0 amide bonds. The molecule has 0 N–H and O–H groups in total. The van der Waals surface area contributed by atoms with Crippen LogP contribution in [0.3, 0.4) is 0 Å². The van der Waals surface area contributed by atoms with E-state index in [2.05, 4.69) is 120 Å². The zero-order chi connectivity index (χ0) is 22.9. The Morgan fingerprint density at radius 1 is 0.486 bits per heavy atom. The van der Waals surface area contributed by atoms with Gasteiger partial charge < -0.3 is 4.57 Å². The number of thiophene rings is 2. The summed E-state index contributed by atoms with van der Waals surface area (Å²) >= 11 is 3.80. The van der Waals surface area contributed by atoms with E-state index in [0.717, 1.165) is 0 Å². The van der Waals surface area contributed by atoms with Gasteiger partial charge in [-0.15, -0.1) is 22.7 Å². The Kier molecular flexibility index (Phi) is 4.04. The first-order valence-electron chi connectivity index (χ1n) is 11.8. The topological polar surface area (TPSA) is 4.93 Å². The molecule has 0 spiro atoms. The molecule has 3 heteroatoms. The zero-order valence-corrected chi connectivity index (χ0v) is 20.4. The number of benzene rings is 5. The molecule has 0 saturated heterocycles. The minimum absolute atomic E-state index is 1.20. The molecule has 0 bridgehead atoms. The van der Waals surface area contributed by atoms with Crippen molar-refractivity contribution in [2.75, 3.05) is 0 Å². The second kappa shape index (κ2) is 7.29. The third-order valence-corrected chi connectivity index (χ3v) is 9.42. The predicted octanol–water partition coefficient (Wildman–Crippen LogP) is 10.0. The molecule has 3 heterocycles. The van der Waals surface area contributed by atoms with Gasteiger partial charge in [-0.1, -0.05) is 78.9 Å². The Balaban J connectivity index is 1.47. The smallest absolute Gasteiger partial charge is 0.0727 e. The SMILES string of the molecule is c1ccc(-n2c3ccccc3c3sc4ccc(-c5cccc6c5sc5ccccc56)cc4c32)cc1. The molecule has 0 fully saturated rings. The van der Waals surface area contributed by atoms with Crippen LogP contribution in [0.1, 0.15) is 0 Å². The van der Waals surface area contributed by atoms with Crippen LogP contribution in [-0.4, -0.2) is 4.57 Å². The van der Waals surface area contributed by atoms with Gasteiger partial charge in [0.25, 0.3) is 0 Å². The van der Waals surface area contributed by atoms with Gasteiger partial charge in [-0.3, -0.25) is 0 Å². The lowest BCUT2D eigenvalue weighted by Crippen LogP contribution is -1.92. The van der Waals surface area contributed by atoms with E-state index in [-0.39, 0.29) is 0 Å². The summed E-state index contributed by atoms with van der Waals surface area (Å²) < 4.78 is 7.84. The van der Waals surface area contributed by atoms with Gasteiger partial charge in [-0.25, -0.2) is 0 Å². The van der Waals surface area contributed by atoms with Crippen LogP contribution in [-0.2, 0) is 0 Å². The molecule has 3 aromatic heterocycles. The van der Waals surface area contributed by atoms with E-state index in [9.17, 15) is 0 Å². The first-order valence-corrected chi connectivity index (χ1v) is 13.4. The Morgan fingerprint density at radius 2 is 1.20 bits per heavy atom. The summed E-state index contributed by atoms with van der Waals surface area (Å²) in [5.74, 6) is 0. The Labute approximate surface area is 210 Å². The Bertz CT molecular complexity index is 2050. The fraction of sp³-hybridized carbons (Fsp3) is 0. The predicted molar refractivity (Wildman–Crippen MR) is 154 cm³/mol. The average Bonchev–Trinajstić information content (AvgIpc) is 3.57. The maximum atomic E-state index is 2.44. The van der Waals surface area contributed by atoms with E-state index in [0.29, 0.717) is 0 Å². The minimum atomic E-state index is 1.20. The summed E-state index contributed by atoms with van der Waals surface area (Å²) in [6.07, 6.45) is 0. The first-order chi connectivity index (χ1) is 17.4. The molecule has 8 aromatic rings. The molecule has 8 rings (SSSR count).